The second kappa shape index (κ2) is 11.0. The summed E-state index contributed by atoms with van der Waals surface area (Å²) in [6.07, 6.45) is 1.33. The second-order valence-corrected chi connectivity index (χ2v) is 9.03. The predicted molar refractivity (Wildman–Crippen MR) is 116 cm³/mol. The fourth-order valence-corrected chi connectivity index (χ4v) is 4.00. The third kappa shape index (κ3) is 7.12. The van der Waals surface area contributed by atoms with E-state index in [0.29, 0.717) is 26.1 Å². The molecule has 2 aromatic rings. The first-order valence-electron chi connectivity index (χ1n) is 10.0. The number of carbonyl (C=O) groups excluding carboxylic acids is 2. The van der Waals surface area contributed by atoms with E-state index < -0.39 is 0 Å². The molecule has 0 aliphatic heterocycles. The normalized spacial score (nSPS) is 10.9. The molecule has 1 heterocycles. The first kappa shape index (κ1) is 22.2. The first-order chi connectivity index (χ1) is 13.4. The molecule has 28 heavy (non-hydrogen) atoms. The summed E-state index contributed by atoms with van der Waals surface area (Å²) in [6, 6.07) is 14.2. The Balaban J connectivity index is 2.14. The van der Waals surface area contributed by atoms with Crippen LogP contribution in [0.2, 0.25) is 0 Å². The third-order valence-corrected chi connectivity index (χ3v) is 5.45. The Morgan fingerprint density at radius 1 is 0.964 bits per heavy atom. The minimum absolute atomic E-state index is 0.000428. The van der Waals surface area contributed by atoms with Gasteiger partial charge >= 0.3 is 0 Å². The average Bonchev–Trinajstić information content (AvgIpc) is 3.06. The lowest BCUT2D eigenvalue weighted by atomic mass is 10.1. The minimum Gasteiger partial charge on any atom is -0.333 e. The van der Waals surface area contributed by atoms with Crippen molar-refractivity contribution in [3.8, 4) is 0 Å². The molecule has 0 bridgehead atoms. The molecule has 2 rings (SSSR count). The number of thiophene rings is 1. The topological polar surface area (TPSA) is 40.6 Å². The number of benzene rings is 1. The predicted octanol–water partition coefficient (Wildman–Crippen LogP) is 4.87. The lowest BCUT2D eigenvalue weighted by molar-refractivity contribution is -0.141. The number of nitrogens with zero attached hydrogens (tertiary/aromatic N) is 2. The SMILES string of the molecule is CCCN(CC(=O)N(Cc1ccccc1)Cc1ccc(C)s1)C(=O)CC(C)C. The zero-order valence-corrected chi connectivity index (χ0v) is 18.3. The first-order valence-corrected chi connectivity index (χ1v) is 10.9. The van der Waals surface area contributed by atoms with Crippen molar-refractivity contribution in [2.45, 2.75) is 53.6 Å². The molecule has 1 aromatic heterocycles. The molecule has 0 saturated heterocycles. The fraction of sp³-hybridized carbons (Fsp3) is 0.478. The van der Waals surface area contributed by atoms with Crippen molar-refractivity contribution in [3.05, 3.63) is 57.8 Å². The standard InChI is InChI=1S/C23H32N2O2S/c1-5-13-24(22(26)14-18(2)3)17-23(27)25(15-20-9-7-6-8-10-20)16-21-12-11-19(4)28-21/h6-12,18H,5,13-17H2,1-4H3. The van der Waals surface area contributed by atoms with Crippen molar-refractivity contribution in [2.75, 3.05) is 13.1 Å². The van der Waals surface area contributed by atoms with Gasteiger partial charge in [-0.25, -0.2) is 0 Å². The van der Waals surface area contributed by atoms with Gasteiger partial charge in [0, 0.05) is 29.3 Å². The van der Waals surface area contributed by atoms with Crippen LogP contribution in [0.25, 0.3) is 0 Å². The Hall–Kier alpha value is -2.14. The van der Waals surface area contributed by atoms with Crippen LogP contribution in [0.5, 0.6) is 0 Å². The van der Waals surface area contributed by atoms with E-state index >= 15 is 0 Å². The molecule has 0 atom stereocenters. The molecule has 0 saturated carbocycles. The van der Waals surface area contributed by atoms with Crippen LogP contribution in [-0.2, 0) is 22.7 Å². The van der Waals surface area contributed by atoms with Crippen LogP contribution in [0.3, 0.4) is 0 Å². The Labute approximate surface area is 173 Å². The van der Waals surface area contributed by atoms with Gasteiger partial charge in [0.15, 0.2) is 0 Å². The maximum atomic E-state index is 13.2. The number of aryl methyl sites for hydroxylation is 1. The number of carbonyl (C=O) groups is 2. The molecule has 0 fully saturated rings. The Morgan fingerprint density at radius 3 is 2.25 bits per heavy atom. The molecule has 0 N–H and O–H groups in total. The van der Waals surface area contributed by atoms with Crippen molar-refractivity contribution >= 4 is 23.2 Å². The lowest BCUT2D eigenvalue weighted by Gasteiger charge is -2.28. The van der Waals surface area contributed by atoms with Crippen molar-refractivity contribution in [1.82, 2.24) is 9.80 Å². The summed E-state index contributed by atoms with van der Waals surface area (Å²) in [5.74, 6) is 0.355. The monoisotopic (exact) mass is 400 g/mol. The van der Waals surface area contributed by atoms with Crippen molar-refractivity contribution in [2.24, 2.45) is 5.92 Å². The van der Waals surface area contributed by atoms with Gasteiger partial charge in [-0.15, -0.1) is 11.3 Å². The van der Waals surface area contributed by atoms with Gasteiger partial charge in [-0.05, 0) is 37.0 Å². The smallest absolute Gasteiger partial charge is 0.242 e. The maximum Gasteiger partial charge on any atom is 0.242 e. The highest BCUT2D eigenvalue weighted by molar-refractivity contribution is 7.11. The molecular weight excluding hydrogens is 368 g/mol. The van der Waals surface area contributed by atoms with Gasteiger partial charge < -0.3 is 9.80 Å². The highest BCUT2D eigenvalue weighted by Gasteiger charge is 2.22. The summed E-state index contributed by atoms with van der Waals surface area (Å²) in [5, 5.41) is 0. The van der Waals surface area contributed by atoms with E-state index in [-0.39, 0.29) is 24.3 Å². The highest BCUT2D eigenvalue weighted by Crippen LogP contribution is 2.19. The number of rotatable bonds is 10. The molecule has 4 nitrogen and oxygen atoms in total. The zero-order chi connectivity index (χ0) is 20.5. The third-order valence-electron chi connectivity index (χ3n) is 4.47. The molecule has 1 aromatic carbocycles. The molecule has 5 heteroatoms. The summed E-state index contributed by atoms with van der Waals surface area (Å²) >= 11 is 1.71. The largest absolute Gasteiger partial charge is 0.333 e. The molecular formula is C23H32N2O2S. The van der Waals surface area contributed by atoms with Gasteiger partial charge in [0.2, 0.25) is 11.8 Å². The second-order valence-electron chi connectivity index (χ2n) is 7.66. The summed E-state index contributed by atoms with van der Waals surface area (Å²) < 4.78 is 0. The van der Waals surface area contributed by atoms with Crippen LogP contribution < -0.4 is 0 Å². The fourth-order valence-electron chi connectivity index (χ4n) is 3.10. The Morgan fingerprint density at radius 2 is 1.68 bits per heavy atom. The number of hydrogen-bond donors (Lipinski definition) is 0. The molecule has 2 amide bonds. The van der Waals surface area contributed by atoms with E-state index in [2.05, 4.69) is 19.1 Å². The summed E-state index contributed by atoms with van der Waals surface area (Å²) in [7, 11) is 0. The Kier molecular flexibility index (Phi) is 8.71. The van der Waals surface area contributed by atoms with Gasteiger partial charge in [0.25, 0.3) is 0 Å². The minimum atomic E-state index is 0.000428. The highest BCUT2D eigenvalue weighted by atomic mass is 32.1. The van der Waals surface area contributed by atoms with Gasteiger partial charge in [-0.2, -0.15) is 0 Å². The van der Waals surface area contributed by atoms with E-state index in [9.17, 15) is 9.59 Å². The maximum absolute atomic E-state index is 13.2. The van der Waals surface area contributed by atoms with E-state index in [0.717, 1.165) is 16.9 Å². The average molecular weight is 401 g/mol. The quantitative estimate of drug-likeness (QED) is 0.571. The molecule has 0 aliphatic rings. The van der Waals surface area contributed by atoms with Crippen LogP contribution in [0.1, 0.15) is 48.9 Å². The summed E-state index contributed by atoms with van der Waals surface area (Å²) in [4.78, 5) is 31.7. The molecule has 0 spiro atoms. The van der Waals surface area contributed by atoms with Crippen LogP contribution >= 0.6 is 11.3 Å². The zero-order valence-electron chi connectivity index (χ0n) is 17.5. The van der Waals surface area contributed by atoms with E-state index in [1.807, 2.05) is 56.0 Å². The van der Waals surface area contributed by atoms with E-state index in [1.165, 1.54) is 4.88 Å². The van der Waals surface area contributed by atoms with Crippen molar-refractivity contribution in [3.63, 3.8) is 0 Å². The number of amides is 2. The molecule has 0 radical (unpaired) electrons. The van der Waals surface area contributed by atoms with Crippen LogP contribution in [0.15, 0.2) is 42.5 Å². The van der Waals surface area contributed by atoms with Gasteiger partial charge in [0.05, 0.1) is 13.1 Å². The van der Waals surface area contributed by atoms with Gasteiger partial charge in [0.1, 0.15) is 0 Å². The van der Waals surface area contributed by atoms with Gasteiger partial charge in [-0.1, -0.05) is 51.1 Å². The van der Waals surface area contributed by atoms with Crippen molar-refractivity contribution in [1.29, 1.82) is 0 Å². The summed E-state index contributed by atoms with van der Waals surface area (Å²) in [5.41, 5.74) is 1.10. The van der Waals surface area contributed by atoms with Crippen LogP contribution in [-0.4, -0.2) is 34.7 Å². The van der Waals surface area contributed by atoms with Gasteiger partial charge in [-0.3, -0.25) is 9.59 Å². The van der Waals surface area contributed by atoms with E-state index in [1.54, 1.807) is 16.2 Å². The molecule has 0 unspecified atom stereocenters. The van der Waals surface area contributed by atoms with Crippen LogP contribution in [0.4, 0.5) is 0 Å². The lowest BCUT2D eigenvalue weighted by Crippen LogP contribution is -2.43. The molecule has 152 valence electrons. The van der Waals surface area contributed by atoms with Crippen LogP contribution in [0, 0.1) is 12.8 Å². The Bertz CT molecular complexity index is 755. The van der Waals surface area contributed by atoms with E-state index in [4.69, 9.17) is 0 Å². The molecule has 0 aliphatic carbocycles. The number of hydrogen-bond acceptors (Lipinski definition) is 3. The van der Waals surface area contributed by atoms with Crippen molar-refractivity contribution < 1.29 is 9.59 Å². The summed E-state index contributed by atoms with van der Waals surface area (Å²) in [6.45, 7) is 10.1.